The average molecular weight is 413 g/mol. The Bertz CT molecular complexity index is 844. The van der Waals surface area contributed by atoms with Gasteiger partial charge in [-0.2, -0.15) is 0 Å². The van der Waals surface area contributed by atoms with Gasteiger partial charge in [0.15, 0.2) is 6.04 Å². The Hall–Kier alpha value is -2.39. The zero-order valence-corrected chi connectivity index (χ0v) is 16.3. The van der Waals surface area contributed by atoms with Gasteiger partial charge in [0.25, 0.3) is 16.7 Å². The van der Waals surface area contributed by atoms with Crippen LogP contribution < -0.4 is 5.32 Å². The van der Waals surface area contributed by atoms with Crippen LogP contribution in [0.1, 0.15) is 19.4 Å². The molecule has 144 valence electrons. The Balaban J connectivity index is 2.16. The molecule has 0 bridgehead atoms. The number of hydrogen-bond donors (Lipinski definition) is 1. The van der Waals surface area contributed by atoms with Gasteiger partial charge in [-0.3, -0.25) is 4.79 Å². The Kier molecular flexibility index (Phi) is 4.77. The lowest BCUT2D eigenvalue weighted by Crippen LogP contribution is -2.60. The number of carbonyl (C=O) groups is 3. The van der Waals surface area contributed by atoms with Crippen molar-refractivity contribution in [3.8, 4) is 0 Å². The number of amides is 2. The minimum absolute atomic E-state index is 0.0207. The highest BCUT2D eigenvalue weighted by Gasteiger charge is 2.63. The SMILES string of the molecule is COC(=O)[C@]1(c2ccccc2Cl)OC(=S)N[C@@H]1C(=O)N1C(=O)OCC1(C)C. The zero-order valence-electron chi connectivity index (χ0n) is 14.8. The number of nitrogens with zero attached hydrogens (tertiary/aromatic N) is 1. The molecule has 0 saturated carbocycles. The molecular formula is C17H17ClN2O6S. The van der Waals surface area contributed by atoms with Crippen molar-refractivity contribution in [2.75, 3.05) is 13.7 Å². The van der Waals surface area contributed by atoms with E-state index in [2.05, 4.69) is 5.32 Å². The molecule has 2 fully saturated rings. The van der Waals surface area contributed by atoms with Crippen LogP contribution in [0.5, 0.6) is 0 Å². The predicted octanol–water partition coefficient (Wildman–Crippen LogP) is 1.74. The fourth-order valence-electron chi connectivity index (χ4n) is 3.22. The van der Waals surface area contributed by atoms with Gasteiger partial charge < -0.3 is 19.5 Å². The van der Waals surface area contributed by atoms with Crippen LogP contribution in [0.3, 0.4) is 0 Å². The van der Waals surface area contributed by atoms with E-state index in [0.29, 0.717) is 0 Å². The van der Waals surface area contributed by atoms with E-state index in [1.165, 1.54) is 6.07 Å². The lowest BCUT2D eigenvalue weighted by molar-refractivity contribution is -0.165. The molecule has 2 heterocycles. The summed E-state index contributed by atoms with van der Waals surface area (Å²) in [5.74, 6) is -1.63. The Morgan fingerprint density at radius 1 is 1.37 bits per heavy atom. The average Bonchev–Trinajstić information content (AvgIpc) is 3.11. The van der Waals surface area contributed by atoms with Crippen molar-refractivity contribution in [3.05, 3.63) is 34.9 Å². The zero-order chi connectivity index (χ0) is 20.0. The van der Waals surface area contributed by atoms with Crippen molar-refractivity contribution in [2.45, 2.75) is 31.0 Å². The number of halogens is 1. The van der Waals surface area contributed by atoms with Crippen molar-refractivity contribution in [2.24, 2.45) is 0 Å². The smallest absolute Gasteiger partial charge is 0.417 e. The highest BCUT2D eigenvalue weighted by molar-refractivity contribution is 7.80. The predicted molar refractivity (Wildman–Crippen MR) is 98.0 cm³/mol. The van der Waals surface area contributed by atoms with Crippen molar-refractivity contribution >= 4 is 47.0 Å². The first-order valence-electron chi connectivity index (χ1n) is 7.99. The number of rotatable bonds is 3. The summed E-state index contributed by atoms with van der Waals surface area (Å²) in [6.07, 6.45) is -0.817. The van der Waals surface area contributed by atoms with Gasteiger partial charge in [0.2, 0.25) is 0 Å². The molecule has 2 amide bonds. The summed E-state index contributed by atoms with van der Waals surface area (Å²) in [6.45, 7) is 3.35. The monoisotopic (exact) mass is 412 g/mol. The molecule has 0 unspecified atom stereocenters. The van der Waals surface area contributed by atoms with Gasteiger partial charge in [-0.25, -0.2) is 14.5 Å². The van der Waals surface area contributed by atoms with E-state index in [-0.39, 0.29) is 22.4 Å². The molecule has 0 aliphatic carbocycles. The van der Waals surface area contributed by atoms with Crippen molar-refractivity contribution < 1.29 is 28.6 Å². The van der Waals surface area contributed by atoms with Gasteiger partial charge in [0.05, 0.1) is 12.6 Å². The second-order valence-corrected chi connectivity index (χ2v) is 7.49. The van der Waals surface area contributed by atoms with E-state index in [1.807, 2.05) is 0 Å². The molecule has 2 aliphatic rings. The second-order valence-electron chi connectivity index (χ2n) is 6.71. The molecule has 27 heavy (non-hydrogen) atoms. The van der Waals surface area contributed by atoms with E-state index >= 15 is 0 Å². The van der Waals surface area contributed by atoms with Gasteiger partial charge in [-0.15, -0.1) is 0 Å². The van der Waals surface area contributed by atoms with E-state index in [0.717, 1.165) is 12.0 Å². The lowest BCUT2D eigenvalue weighted by Gasteiger charge is -2.34. The summed E-state index contributed by atoms with van der Waals surface area (Å²) < 4.78 is 15.5. The molecule has 2 aliphatic heterocycles. The highest BCUT2D eigenvalue weighted by atomic mass is 35.5. The number of ether oxygens (including phenoxy) is 3. The van der Waals surface area contributed by atoms with Crippen LogP contribution in [-0.4, -0.2) is 53.3 Å². The van der Waals surface area contributed by atoms with Gasteiger partial charge in [-0.1, -0.05) is 29.8 Å². The molecule has 2 atom stereocenters. The van der Waals surface area contributed by atoms with Crippen molar-refractivity contribution in [1.29, 1.82) is 0 Å². The Morgan fingerprint density at radius 3 is 2.59 bits per heavy atom. The lowest BCUT2D eigenvalue weighted by atomic mass is 9.85. The maximum Gasteiger partial charge on any atom is 0.417 e. The molecule has 1 aromatic rings. The summed E-state index contributed by atoms with van der Waals surface area (Å²) in [7, 11) is 1.15. The maximum absolute atomic E-state index is 13.3. The minimum atomic E-state index is -1.99. The first-order valence-corrected chi connectivity index (χ1v) is 8.77. The summed E-state index contributed by atoms with van der Waals surface area (Å²) >= 11 is 11.3. The number of carbonyl (C=O) groups excluding carboxylic acids is 3. The molecule has 0 radical (unpaired) electrons. The number of cyclic esters (lactones) is 1. The van der Waals surface area contributed by atoms with Crippen molar-refractivity contribution in [1.82, 2.24) is 10.2 Å². The first-order chi connectivity index (χ1) is 12.6. The Morgan fingerprint density at radius 2 is 2.04 bits per heavy atom. The molecule has 2 saturated heterocycles. The summed E-state index contributed by atoms with van der Waals surface area (Å²) in [5, 5.41) is 2.66. The number of hydrogen-bond acceptors (Lipinski definition) is 7. The van der Waals surface area contributed by atoms with Crippen molar-refractivity contribution in [3.63, 3.8) is 0 Å². The molecule has 1 aromatic carbocycles. The normalized spacial score (nSPS) is 26.2. The third kappa shape index (κ3) is 2.90. The highest BCUT2D eigenvalue weighted by Crippen LogP contribution is 2.41. The molecule has 1 N–H and O–H groups in total. The number of nitrogens with one attached hydrogen (secondary N) is 1. The summed E-state index contributed by atoms with van der Waals surface area (Å²) in [6, 6.07) is 4.99. The molecule has 0 aromatic heterocycles. The second kappa shape index (κ2) is 6.65. The first kappa shape index (κ1) is 19.4. The molecular weight excluding hydrogens is 396 g/mol. The molecule has 0 spiro atoms. The quantitative estimate of drug-likeness (QED) is 0.592. The Labute approximate surface area is 165 Å². The largest absolute Gasteiger partial charge is 0.466 e. The molecule has 3 rings (SSSR count). The topological polar surface area (TPSA) is 94.2 Å². The maximum atomic E-state index is 13.3. The van der Waals surface area contributed by atoms with Crippen LogP contribution in [0, 0.1) is 0 Å². The van der Waals surface area contributed by atoms with E-state index in [4.69, 9.17) is 38.0 Å². The standard InChI is InChI=1S/C17H17ClN2O6S/c1-16(2)8-25-15(23)20(16)12(21)11-17(13(22)24-3,26-14(27)19-11)9-6-4-5-7-10(9)18/h4-7,11H,8H2,1-3H3,(H,19,27)/t11-,17-/m1/s1. The van der Waals surface area contributed by atoms with Gasteiger partial charge in [-0.05, 0) is 32.1 Å². The summed E-state index contributed by atoms with van der Waals surface area (Å²) in [5.41, 5.74) is -2.71. The number of thiocarbonyl (C=S) groups is 1. The van der Waals surface area contributed by atoms with Crippen LogP contribution in [0.2, 0.25) is 5.02 Å². The fourth-order valence-corrected chi connectivity index (χ4v) is 3.74. The van der Waals surface area contributed by atoms with Crippen LogP contribution in [0.4, 0.5) is 4.79 Å². The van der Waals surface area contributed by atoms with E-state index < -0.39 is 35.2 Å². The fraction of sp³-hybridized carbons (Fsp3) is 0.412. The van der Waals surface area contributed by atoms with Crippen LogP contribution in [-0.2, 0) is 29.4 Å². The summed E-state index contributed by atoms with van der Waals surface area (Å²) in [4.78, 5) is 39.2. The van der Waals surface area contributed by atoms with E-state index in [9.17, 15) is 14.4 Å². The minimum Gasteiger partial charge on any atom is -0.466 e. The third-order valence-corrected chi connectivity index (χ3v) is 5.02. The molecule has 8 nitrogen and oxygen atoms in total. The van der Waals surface area contributed by atoms with Crippen LogP contribution >= 0.6 is 23.8 Å². The van der Waals surface area contributed by atoms with Gasteiger partial charge in [0.1, 0.15) is 6.61 Å². The van der Waals surface area contributed by atoms with Crippen LogP contribution in [0.25, 0.3) is 0 Å². The number of methoxy groups -OCH3 is 1. The van der Waals surface area contributed by atoms with Gasteiger partial charge in [0, 0.05) is 10.6 Å². The number of benzene rings is 1. The number of imide groups is 1. The van der Waals surface area contributed by atoms with Gasteiger partial charge >= 0.3 is 12.1 Å². The number of esters is 1. The molecule has 10 heteroatoms. The van der Waals surface area contributed by atoms with E-state index in [1.54, 1.807) is 32.0 Å². The van der Waals surface area contributed by atoms with Crippen LogP contribution in [0.15, 0.2) is 24.3 Å². The third-order valence-electron chi connectivity index (χ3n) is 4.49.